The van der Waals surface area contributed by atoms with Crippen LogP contribution in [0.4, 0.5) is 0 Å². The van der Waals surface area contributed by atoms with Crippen molar-refractivity contribution in [1.29, 1.82) is 0 Å². The third kappa shape index (κ3) is 2.71. The number of likely N-dealkylation sites (tertiary alicyclic amines) is 1. The maximum atomic E-state index is 13.8. The van der Waals surface area contributed by atoms with Gasteiger partial charge in [-0.1, -0.05) is 67.3 Å². The molecule has 33 heavy (non-hydrogen) atoms. The van der Waals surface area contributed by atoms with E-state index in [9.17, 15) is 19.2 Å². The molecule has 2 saturated heterocycles. The minimum absolute atomic E-state index is 0.199. The first-order chi connectivity index (χ1) is 15.9. The predicted octanol–water partition coefficient (Wildman–Crippen LogP) is 4.16. The molecule has 0 radical (unpaired) electrons. The van der Waals surface area contributed by atoms with Crippen LogP contribution in [0.15, 0.2) is 48.5 Å². The molecular weight excluding hydrogens is 442 g/mol. The fourth-order valence-electron chi connectivity index (χ4n) is 6.22. The minimum Gasteiger partial charge on any atom is -0.349 e. The molecule has 7 heteroatoms. The molecule has 6 rings (SSSR count). The lowest BCUT2D eigenvalue weighted by molar-refractivity contribution is -0.148. The Hall–Kier alpha value is -2.83. The highest BCUT2D eigenvalue weighted by atomic mass is 35.5. The third-order valence-corrected chi connectivity index (χ3v) is 7.91. The zero-order valence-electron chi connectivity index (χ0n) is 17.8. The molecule has 0 N–H and O–H groups in total. The highest BCUT2D eigenvalue weighted by Crippen LogP contribution is 2.58. The second-order valence-corrected chi connectivity index (χ2v) is 9.81. The van der Waals surface area contributed by atoms with Crippen LogP contribution in [-0.4, -0.2) is 39.9 Å². The van der Waals surface area contributed by atoms with Gasteiger partial charge in [0.15, 0.2) is 0 Å². The Bertz CT molecular complexity index is 1180. The topological polar surface area (TPSA) is 80.8 Å². The molecule has 3 atom stereocenters. The fourth-order valence-corrected chi connectivity index (χ4v) is 6.42. The van der Waals surface area contributed by atoms with Crippen molar-refractivity contribution in [3.63, 3.8) is 0 Å². The van der Waals surface area contributed by atoms with Crippen LogP contribution in [0, 0.1) is 11.8 Å². The summed E-state index contributed by atoms with van der Waals surface area (Å²) in [5.41, 5.74) is -0.955. The van der Waals surface area contributed by atoms with Gasteiger partial charge < -0.3 is 4.74 Å². The van der Waals surface area contributed by atoms with Crippen molar-refractivity contribution in [2.45, 2.75) is 49.9 Å². The smallest absolute Gasteiger partial charge is 0.237 e. The monoisotopic (exact) mass is 463 g/mol. The SMILES string of the molecule is O=C1C2C(c3cccc(Cl)c3)OC3(C(=O)c4ccccc4C3=O)C2C(=O)N1C1CCCCC1. The Morgan fingerprint density at radius 2 is 1.52 bits per heavy atom. The van der Waals surface area contributed by atoms with Crippen LogP contribution in [0.1, 0.15) is 64.5 Å². The van der Waals surface area contributed by atoms with Crippen molar-refractivity contribution in [3.8, 4) is 0 Å². The molecule has 2 aliphatic heterocycles. The van der Waals surface area contributed by atoms with E-state index in [0.29, 0.717) is 10.6 Å². The van der Waals surface area contributed by atoms with Crippen molar-refractivity contribution in [1.82, 2.24) is 4.90 Å². The Kier molecular flexibility index (Phi) is 4.61. The van der Waals surface area contributed by atoms with Gasteiger partial charge in [-0.25, -0.2) is 0 Å². The quantitative estimate of drug-likeness (QED) is 0.493. The van der Waals surface area contributed by atoms with E-state index in [1.165, 1.54) is 4.90 Å². The number of halogens is 1. The summed E-state index contributed by atoms with van der Waals surface area (Å²) in [6.45, 7) is 0. The van der Waals surface area contributed by atoms with Crippen LogP contribution in [0.25, 0.3) is 0 Å². The molecule has 1 saturated carbocycles. The summed E-state index contributed by atoms with van der Waals surface area (Å²) in [5, 5.41) is 0.446. The molecule has 168 valence electrons. The maximum absolute atomic E-state index is 13.8. The van der Waals surface area contributed by atoms with E-state index in [1.54, 1.807) is 48.5 Å². The van der Waals surface area contributed by atoms with Gasteiger partial charge in [-0.3, -0.25) is 24.1 Å². The second kappa shape index (κ2) is 7.34. The summed E-state index contributed by atoms with van der Waals surface area (Å²) in [5.74, 6) is -4.00. The van der Waals surface area contributed by atoms with Crippen molar-refractivity contribution in [3.05, 3.63) is 70.2 Å². The number of imide groups is 1. The highest BCUT2D eigenvalue weighted by molar-refractivity contribution is 6.35. The number of hydrogen-bond acceptors (Lipinski definition) is 5. The van der Waals surface area contributed by atoms with E-state index in [4.69, 9.17) is 16.3 Å². The molecule has 2 aromatic rings. The molecule has 2 aromatic carbocycles. The van der Waals surface area contributed by atoms with Gasteiger partial charge in [0.05, 0.1) is 17.9 Å². The predicted molar refractivity (Wildman–Crippen MR) is 119 cm³/mol. The number of nitrogens with zero attached hydrogens (tertiary/aromatic N) is 1. The van der Waals surface area contributed by atoms with E-state index < -0.39 is 41.0 Å². The van der Waals surface area contributed by atoms with Gasteiger partial charge in [-0.05, 0) is 30.5 Å². The van der Waals surface area contributed by atoms with Crippen molar-refractivity contribution in [2.75, 3.05) is 0 Å². The number of amides is 2. The van der Waals surface area contributed by atoms with Crippen LogP contribution in [0.5, 0.6) is 0 Å². The number of ether oxygens (including phenoxy) is 1. The first-order valence-electron chi connectivity index (χ1n) is 11.4. The summed E-state index contributed by atoms with van der Waals surface area (Å²) in [6, 6.07) is 13.2. The van der Waals surface area contributed by atoms with E-state index in [2.05, 4.69) is 0 Å². The Morgan fingerprint density at radius 1 is 0.848 bits per heavy atom. The fraction of sp³-hybridized carbons (Fsp3) is 0.385. The summed E-state index contributed by atoms with van der Waals surface area (Å²) in [6.07, 6.45) is 3.54. The van der Waals surface area contributed by atoms with Crippen molar-refractivity contribution >= 4 is 35.0 Å². The van der Waals surface area contributed by atoms with Gasteiger partial charge in [0.2, 0.25) is 29.0 Å². The lowest BCUT2D eigenvalue weighted by Crippen LogP contribution is -2.52. The van der Waals surface area contributed by atoms with Gasteiger partial charge in [0.1, 0.15) is 0 Å². The minimum atomic E-state index is -2.02. The lowest BCUT2D eigenvalue weighted by Gasteiger charge is -2.33. The van der Waals surface area contributed by atoms with Gasteiger partial charge >= 0.3 is 0 Å². The van der Waals surface area contributed by atoms with E-state index in [0.717, 1.165) is 32.1 Å². The number of Topliss-reactive ketones (excluding diaryl/α,β-unsaturated/α-hetero) is 2. The maximum Gasteiger partial charge on any atom is 0.237 e. The molecular formula is C26H22ClNO5. The first kappa shape index (κ1) is 20.8. The van der Waals surface area contributed by atoms with Gasteiger partial charge in [-0.15, -0.1) is 0 Å². The van der Waals surface area contributed by atoms with E-state index in [1.807, 2.05) is 0 Å². The number of ketones is 2. The summed E-state index contributed by atoms with van der Waals surface area (Å²) < 4.78 is 6.28. The first-order valence-corrected chi connectivity index (χ1v) is 11.8. The molecule has 3 fully saturated rings. The Morgan fingerprint density at radius 3 is 2.15 bits per heavy atom. The van der Waals surface area contributed by atoms with E-state index >= 15 is 0 Å². The number of hydrogen-bond donors (Lipinski definition) is 0. The van der Waals surface area contributed by atoms with E-state index in [-0.39, 0.29) is 23.1 Å². The summed E-state index contributed by atoms with van der Waals surface area (Å²) in [4.78, 5) is 56.3. The Balaban J connectivity index is 1.51. The number of rotatable bonds is 2. The van der Waals surface area contributed by atoms with Crippen molar-refractivity contribution in [2.24, 2.45) is 11.8 Å². The van der Waals surface area contributed by atoms with Gasteiger partial charge in [-0.2, -0.15) is 0 Å². The average molecular weight is 464 g/mol. The molecule has 3 unspecified atom stereocenters. The molecule has 0 aromatic heterocycles. The molecule has 2 aliphatic carbocycles. The summed E-state index contributed by atoms with van der Waals surface area (Å²) >= 11 is 6.21. The standard InChI is InChI=1S/C26H22ClNO5/c27-15-8-6-7-14(13-15)21-19-20(25(32)28(24(19)31)16-9-2-1-3-10-16)26(33-21)22(29)17-11-4-5-12-18(17)23(26)30/h4-8,11-13,16,19-21H,1-3,9-10H2. The number of fused-ring (bicyclic) bond motifs is 3. The molecule has 1 spiro atoms. The van der Waals surface area contributed by atoms with Crippen LogP contribution in [-0.2, 0) is 14.3 Å². The molecule has 2 heterocycles. The number of carbonyl (C=O) groups excluding carboxylic acids is 4. The van der Waals surface area contributed by atoms with Gasteiger partial charge in [0, 0.05) is 22.2 Å². The molecule has 4 aliphatic rings. The largest absolute Gasteiger partial charge is 0.349 e. The summed E-state index contributed by atoms with van der Waals surface area (Å²) in [7, 11) is 0. The van der Waals surface area contributed by atoms with Gasteiger partial charge in [0.25, 0.3) is 0 Å². The second-order valence-electron chi connectivity index (χ2n) is 9.37. The molecule has 2 amide bonds. The van der Waals surface area contributed by atoms with Crippen LogP contribution in [0.2, 0.25) is 5.02 Å². The van der Waals surface area contributed by atoms with Crippen molar-refractivity contribution < 1.29 is 23.9 Å². The molecule has 0 bridgehead atoms. The number of benzene rings is 2. The third-order valence-electron chi connectivity index (χ3n) is 7.67. The normalized spacial score (nSPS) is 28.6. The average Bonchev–Trinajstić information content (AvgIpc) is 3.40. The van der Waals surface area contributed by atoms with Crippen LogP contribution >= 0.6 is 11.6 Å². The highest BCUT2D eigenvalue weighted by Gasteiger charge is 2.75. The zero-order valence-corrected chi connectivity index (χ0v) is 18.6. The van der Waals surface area contributed by atoms with Crippen LogP contribution in [0.3, 0.4) is 0 Å². The van der Waals surface area contributed by atoms with Crippen LogP contribution < -0.4 is 0 Å². The lowest BCUT2D eigenvalue weighted by atomic mass is 9.77. The number of carbonyl (C=O) groups is 4. The Labute approximate surface area is 195 Å². The zero-order chi connectivity index (χ0) is 22.9. The molecule has 6 nitrogen and oxygen atoms in total.